The Hall–Kier alpha value is -4.02. The standard InChI is InChI=1S/C24H16ClFN2O4/c25-15-3-1-14(2-4-15)23-19-10-9-18(11-21(19)32-24(28)20(23)12-27)31-22(29)13-30-17-7-5-16(26)6-8-17/h1-11,23H,13,28H2. The van der Waals surface area contributed by atoms with Crippen LogP contribution in [-0.4, -0.2) is 12.6 Å². The zero-order valence-corrected chi connectivity index (χ0v) is 17.3. The van der Waals surface area contributed by atoms with Crippen LogP contribution in [-0.2, 0) is 4.79 Å². The zero-order valence-electron chi connectivity index (χ0n) is 16.5. The highest BCUT2D eigenvalue weighted by Crippen LogP contribution is 2.43. The molecule has 0 aliphatic carbocycles. The van der Waals surface area contributed by atoms with E-state index in [1.54, 1.807) is 24.3 Å². The molecule has 0 spiro atoms. The van der Waals surface area contributed by atoms with Crippen molar-refractivity contribution in [2.75, 3.05) is 6.61 Å². The van der Waals surface area contributed by atoms with Crippen LogP contribution in [0.3, 0.4) is 0 Å². The molecule has 3 aromatic rings. The molecule has 0 radical (unpaired) electrons. The fourth-order valence-corrected chi connectivity index (χ4v) is 3.46. The third-order valence-corrected chi connectivity index (χ3v) is 5.05. The number of nitrogens with two attached hydrogens (primary N) is 1. The number of benzene rings is 3. The summed E-state index contributed by atoms with van der Waals surface area (Å²) in [4.78, 5) is 12.1. The van der Waals surface area contributed by atoms with Crippen LogP contribution in [0.1, 0.15) is 17.0 Å². The third kappa shape index (κ3) is 4.51. The predicted molar refractivity (Wildman–Crippen MR) is 115 cm³/mol. The Kier molecular flexibility index (Phi) is 5.97. The summed E-state index contributed by atoms with van der Waals surface area (Å²) in [6.07, 6.45) is 0. The Morgan fingerprint density at radius 3 is 2.47 bits per heavy atom. The summed E-state index contributed by atoms with van der Waals surface area (Å²) in [5.74, 6) is -0.606. The van der Waals surface area contributed by atoms with Crippen molar-refractivity contribution in [1.82, 2.24) is 0 Å². The van der Waals surface area contributed by atoms with E-state index in [0.29, 0.717) is 22.1 Å². The van der Waals surface area contributed by atoms with E-state index in [-0.39, 0.29) is 23.8 Å². The molecular formula is C24H16ClFN2O4. The molecule has 0 saturated heterocycles. The summed E-state index contributed by atoms with van der Waals surface area (Å²) in [7, 11) is 0. The first kappa shape index (κ1) is 21.2. The van der Waals surface area contributed by atoms with Crippen LogP contribution in [0.4, 0.5) is 4.39 Å². The highest BCUT2D eigenvalue weighted by Gasteiger charge is 2.31. The number of halogens is 2. The van der Waals surface area contributed by atoms with Gasteiger partial charge in [0.2, 0.25) is 5.88 Å². The minimum Gasteiger partial charge on any atom is -0.482 e. The maximum atomic E-state index is 12.9. The van der Waals surface area contributed by atoms with Crippen LogP contribution in [0, 0.1) is 17.1 Å². The van der Waals surface area contributed by atoms with E-state index < -0.39 is 17.7 Å². The second-order valence-corrected chi connectivity index (χ2v) is 7.33. The van der Waals surface area contributed by atoms with Crippen molar-refractivity contribution in [2.45, 2.75) is 5.92 Å². The van der Waals surface area contributed by atoms with Gasteiger partial charge in [0.15, 0.2) is 6.61 Å². The van der Waals surface area contributed by atoms with Gasteiger partial charge in [0.05, 0.1) is 5.92 Å². The van der Waals surface area contributed by atoms with Crippen molar-refractivity contribution in [3.05, 3.63) is 100 Å². The lowest BCUT2D eigenvalue weighted by molar-refractivity contribution is -0.136. The number of nitrogens with zero attached hydrogens (tertiary/aromatic N) is 1. The maximum Gasteiger partial charge on any atom is 0.349 e. The van der Waals surface area contributed by atoms with Gasteiger partial charge in [-0.2, -0.15) is 5.26 Å². The van der Waals surface area contributed by atoms with E-state index in [4.69, 9.17) is 31.5 Å². The molecule has 0 aromatic heterocycles. The van der Waals surface area contributed by atoms with Crippen LogP contribution in [0.25, 0.3) is 0 Å². The predicted octanol–water partition coefficient (Wildman–Crippen LogP) is 4.68. The molecule has 0 fully saturated rings. The fraction of sp³-hybridized carbons (Fsp3) is 0.0833. The van der Waals surface area contributed by atoms with E-state index >= 15 is 0 Å². The number of hydrogen-bond acceptors (Lipinski definition) is 6. The molecule has 1 heterocycles. The topological polar surface area (TPSA) is 94.6 Å². The summed E-state index contributed by atoms with van der Waals surface area (Å²) in [5, 5.41) is 10.2. The van der Waals surface area contributed by atoms with Gasteiger partial charge in [0.1, 0.15) is 34.7 Å². The number of carbonyl (C=O) groups is 1. The van der Waals surface area contributed by atoms with Gasteiger partial charge in [-0.25, -0.2) is 9.18 Å². The SMILES string of the molecule is N#CC1=C(N)Oc2cc(OC(=O)COc3ccc(F)cc3)ccc2C1c1ccc(Cl)cc1. The van der Waals surface area contributed by atoms with Crippen LogP contribution in [0.2, 0.25) is 5.02 Å². The normalized spacial score (nSPS) is 14.7. The van der Waals surface area contributed by atoms with Gasteiger partial charge in [0, 0.05) is 16.7 Å². The Labute approximate surface area is 188 Å². The summed E-state index contributed by atoms with van der Waals surface area (Å²) >= 11 is 5.99. The molecule has 6 nitrogen and oxygen atoms in total. The summed E-state index contributed by atoms with van der Waals surface area (Å²) in [6.45, 7) is -0.363. The monoisotopic (exact) mass is 450 g/mol. The smallest absolute Gasteiger partial charge is 0.349 e. The molecule has 4 rings (SSSR count). The lowest BCUT2D eigenvalue weighted by atomic mass is 9.83. The minimum absolute atomic E-state index is 0.0249. The molecule has 8 heteroatoms. The number of rotatable bonds is 5. The van der Waals surface area contributed by atoms with Gasteiger partial charge in [-0.05, 0) is 48.0 Å². The number of fused-ring (bicyclic) bond motifs is 1. The average molecular weight is 451 g/mol. The molecule has 1 aliphatic rings. The zero-order chi connectivity index (χ0) is 22.7. The van der Waals surface area contributed by atoms with Crippen molar-refractivity contribution in [3.63, 3.8) is 0 Å². The molecule has 2 N–H and O–H groups in total. The molecule has 1 unspecified atom stereocenters. The van der Waals surface area contributed by atoms with Crippen LogP contribution in [0.5, 0.6) is 17.2 Å². The lowest BCUT2D eigenvalue weighted by Gasteiger charge is -2.26. The Morgan fingerprint density at radius 1 is 1.09 bits per heavy atom. The highest BCUT2D eigenvalue weighted by molar-refractivity contribution is 6.30. The molecule has 1 aliphatic heterocycles. The van der Waals surface area contributed by atoms with Gasteiger partial charge < -0.3 is 19.9 Å². The number of hydrogen-bond donors (Lipinski definition) is 1. The first-order valence-electron chi connectivity index (χ1n) is 9.50. The van der Waals surface area contributed by atoms with E-state index in [1.165, 1.54) is 30.3 Å². The molecule has 160 valence electrons. The van der Waals surface area contributed by atoms with Crippen LogP contribution < -0.4 is 19.9 Å². The van der Waals surface area contributed by atoms with Gasteiger partial charge >= 0.3 is 5.97 Å². The van der Waals surface area contributed by atoms with Gasteiger partial charge in [-0.3, -0.25) is 0 Å². The largest absolute Gasteiger partial charge is 0.482 e. The van der Waals surface area contributed by atoms with Gasteiger partial charge in [-0.1, -0.05) is 29.8 Å². The van der Waals surface area contributed by atoms with E-state index in [0.717, 1.165) is 5.56 Å². The number of carbonyl (C=O) groups excluding carboxylic acids is 1. The maximum absolute atomic E-state index is 12.9. The molecule has 3 aromatic carbocycles. The van der Waals surface area contributed by atoms with Crippen molar-refractivity contribution in [3.8, 4) is 23.3 Å². The first-order valence-corrected chi connectivity index (χ1v) is 9.88. The number of nitriles is 1. The Morgan fingerprint density at radius 2 is 1.78 bits per heavy atom. The Balaban J connectivity index is 1.53. The average Bonchev–Trinajstić information content (AvgIpc) is 2.78. The Bertz CT molecular complexity index is 1230. The minimum atomic E-state index is -0.652. The third-order valence-electron chi connectivity index (χ3n) is 4.80. The van der Waals surface area contributed by atoms with Gasteiger partial charge in [-0.15, -0.1) is 0 Å². The second kappa shape index (κ2) is 9.00. The number of esters is 1. The van der Waals surface area contributed by atoms with E-state index in [2.05, 4.69) is 6.07 Å². The van der Waals surface area contributed by atoms with E-state index in [9.17, 15) is 14.4 Å². The summed E-state index contributed by atoms with van der Waals surface area (Å²) < 4.78 is 29.2. The molecule has 0 bridgehead atoms. The highest BCUT2D eigenvalue weighted by atomic mass is 35.5. The number of allylic oxidation sites excluding steroid dienone is 1. The van der Waals surface area contributed by atoms with E-state index in [1.807, 2.05) is 12.1 Å². The summed E-state index contributed by atoms with van der Waals surface area (Å²) in [6, 6.07) is 19.3. The molecular weight excluding hydrogens is 435 g/mol. The van der Waals surface area contributed by atoms with Crippen molar-refractivity contribution in [1.29, 1.82) is 5.26 Å². The molecule has 1 atom stereocenters. The lowest BCUT2D eigenvalue weighted by Crippen LogP contribution is -2.21. The van der Waals surface area contributed by atoms with Crippen molar-refractivity contribution >= 4 is 17.6 Å². The van der Waals surface area contributed by atoms with Crippen molar-refractivity contribution < 1.29 is 23.4 Å². The summed E-state index contributed by atoms with van der Waals surface area (Å²) in [5.41, 5.74) is 7.78. The van der Waals surface area contributed by atoms with Crippen LogP contribution in [0.15, 0.2) is 78.2 Å². The molecule has 0 saturated carbocycles. The second-order valence-electron chi connectivity index (χ2n) is 6.89. The van der Waals surface area contributed by atoms with Crippen LogP contribution >= 0.6 is 11.6 Å². The molecule has 0 amide bonds. The first-order chi connectivity index (χ1) is 15.4. The van der Waals surface area contributed by atoms with Crippen molar-refractivity contribution in [2.24, 2.45) is 5.73 Å². The van der Waals surface area contributed by atoms with Gasteiger partial charge in [0.25, 0.3) is 0 Å². The fourth-order valence-electron chi connectivity index (χ4n) is 3.33. The number of ether oxygens (including phenoxy) is 3. The quantitative estimate of drug-likeness (QED) is 0.448. The molecule has 32 heavy (non-hydrogen) atoms.